The van der Waals surface area contributed by atoms with Gasteiger partial charge in [-0.3, -0.25) is 9.69 Å². The van der Waals surface area contributed by atoms with Crippen molar-refractivity contribution in [2.75, 3.05) is 6.54 Å². The van der Waals surface area contributed by atoms with Crippen molar-refractivity contribution in [3.63, 3.8) is 0 Å². The van der Waals surface area contributed by atoms with E-state index in [1.54, 1.807) is 0 Å². The second kappa shape index (κ2) is 4.30. The topological polar surface area (TPSA) is 40.5 Å². The van der Waals surface area contributed by atoms with Crippen molar-refractivity contribution in [3.8, 4) is 0 Å². The van der Waals surface area contributed by atoms with E-state index in [4.69, 9.17) is 5.11 Å². The van der Waals surface area contributed by atoms with E-state index < -0.39 is 5.97 Å². The second-order valence-corrected chi connectivity index (χ2v) is 4.55. The Hall–Kier alpha value is -0.570. The van der Waals surface area contributed by atoms with Crippen molar-refractivity contribution in [3.05, 3.63) is 0 Å². The van der Waals surface area contributed by atoms with E-state index >= 15 is 0 Å². The number of hydrogen-bond donors (Lipinski definition) is 1. The molecule has 2 aliphatic rings. The van der Waals surface area contributed by atoms with Gasteiger partial charge in [0.2, 0.25) is 0 Å². The number of carboxylic acid groups (broad SMARTS) is 1. The molecule has 0 aliphatic carbocycles. The minimum absolute atomic E-state index is 0.312. The highest BCUT2D eigenvalue weighted by atomic mass is 16.4. The Labute approximate surface area is 85.1 Å². The fraction of sp³-hybridized carbons (Fsp3) is 0.909. The molecule has 2 fully saturated rings. The molecule has 2 aliphatic heterocycles. The molecule has 3 nitrogen and oxygen atoms in total. The lowest BCUT2D eigenvalue weighted by Crippen LogP contribution is -2.50. The zero-order valence-corrected chi connectivity index (χ0v) is 8.61. The quantitative estimate of drug-likeness (QED) is 0.750. The molecule has 0 radical (unpaired) electrons. The van der Waals surface area contributed by atoms with Crippen LogP contribution in [0.1, 0.15) is 44.9 Å². The first kappa shape index (κ1) is 9.97. The molecule has 2 bridgehead atoms. The van der Waals surface area contributed by atoms with Gasteiger partial charge in [0.15, 0.2) is 0 Å². The van der Waals surface area contributed by atoms with Gasteiger partial charge in [-0.2, -0.15) is 0 Å². The molecule has 80 valence electrons. The van der Waals surface area contributed by atoms with E-state index in [2.05, 4.69) is 4.90 Å². The number of carbonyl (C=O) groups is 1. The molecule has 0 aromatic heterocycles. The van der Waals surface area contributed by atoms with E-state index in [1.165, 1.54) is 38.5 Å². The molecule has 0 atom stereocenters. The lowest BCUT2D eigenvalue weighted by atomic mass is 9.84. The number of aliphatic carboxylic acids is 1. The van der Waals surface area contributed by atoms with Gasteiger partial charge in [0.1, 0.15) is 0 Å². The third-order valence-electron chi connectivity index (χ3n) is 3.67. The van der Waals surface area contributed by atoms with Crippen LogP contribution >= 0.6 is 0 Å². The third kappa shape index (κ3) is 2.08. The van der Waals surface area contributed by atoms with Gasteiger partial charge < -0.3 is 5.11 Å². The minimum Gasteiger partial charge on any atom is -0.481 e. The largest absolute Gasteiger partial charge is 0.481 e. The number of nitrogens with zero attached hydrogens (tertiary/aromatic N) is 1. The van der Waals surface area contributed by atoms with Crippen LogP contribution in [0.25, 0.3) is 0 Å². The fourth-order valence-electron chi connectivity index (χ4n) is 3.02. The van der Waals surface area contributed by atoms with Gasteiger partial charge >= 0.3 is 5.97 Å². The minimum atomic E-state index is -0.659. The van der Waals surface area contributed by atoms with Crippen LogP contribution in [0.5, 0.6) is 0 Å². The summed E-state index contributed by atoms with van der Waals surface area (Å²) in [6.07, 6.45) is 8.16. The van der Waals surface area contributed by atoms with Gasteiger partial charge in [0.25, 0.3) is 0 Å². The van der Waals surface area contributed by atoms with Crippen molar-refractivity contribution in [2.24, 2.45) is 0 Å². The average Bonchev–Trinajstić information content (AvgIpc) is 2.13. The predicted octanol–water partition coefficient (Wildman–Crippen LogP) is 1.87. The van der Waals surface area contributed by atoms with Crippen LogP contribution in [-0.2, 0) is 4.79 Å². The van der Waals surface area contributed by atoms with E-state index in [0.29, 0.717) is 18.5 Å². The van der Waals surface area contributed by atoms with E-state index in [9.17, 15) is 4.79 Å². The van der Waals surface area contributed by atoms with Crippen LogP contribution in [0.2, 0.25) is 0 Å². The lowest BCUT2D eigenvalue weighted by Gasteiger charge is -2.46. The summed E-state index contributed by atoms with van der Waals surface area (Å²) in [4.78, 5) is 13.0. The number of carboxylic acids is 1. The maximum Gasteiger partial charge on any atom is 0.304 e. The van der Waals surface area contributed by atoms with Crippen LogP contribution < -0.4 is 0 Å². The Morgan fingerprint density at radius 3 is 2.07 bits per heavy atom. The number of hydrogen-bond acceptors (Lipinski definition) is 2. The first-order valence-corrected chi connectivity index (χ1v) is 5.75. The van der Waals surface area contributed by atoms with Gasteiger partial charge in [0, 0.05) is 18.6 Å². The Morgan fingerprint density at radius 1 is 1.14 bits per heavy atom. The van der Waals surface area contributed by atoms with Crippen LogP contribution in [0.4, 0.5) is 0 Å². The second-order valence-electron chi connectivity index (χ2n) is 4.55. The van der Waals surface area contributed by atoms with Crippen molar-refractivity contribution >= 4 is 5.97 Å². The van der Waals surface area contributed by atoms with E-state index in [-0.39, 0.29) is 0 Å². The first-order valence-electron chi connectivity index (χ1n) is 5.75. The molecule has 14 heavy (non-hydrogen) atoms. The van der Waals surface area contributed by atoms with Gasteiger partial charge in [-0.25, -0.2) is 0 Å². The maximum absolute atomic E-state index is 10.5. The molecule has 0 amide bonds. The standard InChI is InChI=1S/C11H19NO2/c13-11(14)7-8-12-9-3-1-4-10(12)6-2-5-9/h9-10H,1-8H2,(H,13,14). The highest BCUT2D eigenvalue weighted by Crippen LogP contribution is 2.33. The molecule has 0 unspecified atom stereocenters. The smallest absolute Gasteiger partial charge is 0.304 e. The summed E-state index contributed by atoms with van der Waals surface area (Å²) < 4.78 is 0. The summed E-state index contributed by atoms with van der Waals surface area (Å²) in [6.45, 7) is 0.769. The maximum atomic E-state index is 10.5. The van der Waals surface area contributed by atoms with E-state index in [1.807, 2.05) is 0 Å². The van der Waals surface area contributed by atoms with Crippen molar-refractivity contribution in [2.45, 2.75) is 57.0 Å². The molecule has 0 aromatic rings. The summed E-state index contributed by atoms with van der Waals surface area (Å²) in [5.74, 6) is -0.659. The van der Waals surface area contributed by atoms with Crippen molar-refractivity contribution < 1.29 is 9.90 Å². The molecular weight excluding hydrogens is 178 g/mol. The molecule has 2 heterocycles. The van der Waals surface area contributed by atoms with Crippen LogP contribution in [-0.4, -0.2) is 34.6 Å². The number of piperidine rings is 2. The Balaban J connectivity index is 1.91. The Morgan fingerprint density at radius 2 is 1.64 bits per heavy atom. The Kier molecular flexibility index (Phi) is 3.06. The number of fused-ring (bicyclic) bond motifs is 2. The Bertz CT molecular complexity index is 195. The van der Waals surface area contributed by atoms with E-state index in [0.717, 1.165) is 6.54 Å². The summed E-state index contributed by atoms with van der Waals surface area (Å²) >= 11 is 0. The molecule has 3 heteroatoms. The summed E-state index contributed by atoms with van der Waals surface area (Å²) in [7, 11) is 0. The summed E-state index contributed by atoms with van der Waals surface area (Å²) in [5, 5.41) is 8.68. The summed E-state index contributed by atoms with van der Waals surface area (Å²) in [6, 6.07) is 1.39. The third-order valence-corrected chi connectivity index (χ3v) is 3.67. The molecule has 0 aromatic carbocycles. The van der Waals surface area contributed by atoms with Crippen LogP contribution in [0.3, 0.4) is 0 Å². The predicted molar refractivity (Wildman–Crippen MR) is 54.2 cm³/mol. The SMILES string of the molecule is O=C(O)CCN1C2CCCC1CCC2. The van der Waals surface area contributed by atoms with Gasteiger partial charge in [-0.1, -0.05) is 12.8 Å². The average molecular weight is 197 g/mol. The highest BCUT2D eigenvalue weighted by Gasteiger charge is 2.33. The zero-order chi connectivity index (χ0) is 9.97. The lowest BCUT2D eigenvalue weighted by molar-refractivity contribution is -0.137. The van der Waals surface area contributed by atoms with Crippen molar-refractivity contribution in [1.29, 1.82) is 0 Å². The molecular formula is C11H19NO2. The van der Waals surface area contributed by atoms with Crippen LogP contribution in [0, 0.1) is 0 Å². The summed E-state index contributed by atoms with van der Waals surface area (Å²) in [5.41, 5.74) is 0. The van der Waals surface area contributed by atoms with Gasteiger partial charge in [0.05, 0.1) is 6.42 Å². The molecule has 2 saturated heterocycles. The highest BCUT2D eigenvalue weighted by molar-refractivity contribution is 5.66. The molecule has 1 N–H and O–H groups in total. The fourth-order valence-corrected chi connectivity index (χ4v) is 3.02. The molecule has 0 saturated carbocycles. The van der Waals surface area contributed by atoms with Gasteiger partial charge in [-0.05, 0) is 25.7 Å². The van der Waals surface area contributed by atoms with Crippen molar-refractivity contribution in [1.82, 2.24) is 4.90 Å². The normalized spacial score (nSPS) is 32.9. The molecule has 2 rings (SSSR count). The number of rotatable bonds is 3. The van der Waals surface area contributed by atoms with Crippen LogP contribution in [0.15, 0.2) is 0 Å². The zero-order valence-electron chi connectivity index (χ0n) is 8.61. The molecule has 0 spiro atoms. The van der Waals surface area contributed by atoms with Gasteiger partial charge in [-0.15, -0.1) is 0 Å². The first-order chi connectivity index (χ1) is 6.77. The monoisotopic (exact) mass is 197 g/mol.